The molecule has 2 atom stereocenters. The zero-order valence-corrected chi connectivity index (χ0v) is 17.3. The minimum absolute atomic E-state index is 0.406. The molecule has 0 radical (unpaired) electrons. The average molecular weight is 394 g/mol. The minimum Gasteiger partial charge on any atom is -0.497 e. The largest absolute Gasteiger partial charge is 0.497 e. The van der Waals surface area contributed by atoms with E-state index in [1.54, 1.807) is 26.0 Å². The fourth-order valence-electron chi connectivity index (χ4n) is 3.66. The average Bonchev–Trinajstić information content (AvgIpc) is 3.34. The quantitative estimate of drug-likeness (QED) is 0.571. The van der Waals surface area contributed by atoms with E-state index in [0.717, 1.165) is 61.4 Å². The van der Waals surface area contributed by atoms with Crippen molar-refractivity contribution in [2.45, 2.75) is 31.3 Å². The molecule has 2 fully saturated rings. The predicted octanol–water partition coefficient (Wildman–Crippen LogP) is 2.33. The highest BCUT2D eigenvalue weighted by atomic mass is 32.2. The summed E-state index contributed by atoms with van der Waals surface area (Å²) in [6.45, 7) is 5.21. The molecule has 3 rings (SSSR count). The first kappa shape index (κ1) is 20.1. The fraction of sp³-hybridized carbons (Fsp3) is 0.650. The molecule has 0 bridgehead atoms. The zero-order chi connectivity index (χ0) is 19.3. The van der Waals surface area contributed by atoms with Gasteiger partial charge in [-0.2, -0.15) is 11.8 Å². The highest BCUT2D eigenvalue weighted by Gasteiger charge is 2.32. The van der Waals surface area contributed by atoms with E-state index in [2.05, 4.69) is 29.3 Å². The van der Waals surface area contributed by atoms with Gasteiger partial charge in [-0.1, -0.05) is 0 Å². The fourth-order valence-corrected chi connectivity index (χ4v) is 4.94. The van der Waals surface area contributed by atoms with Gasteiger partial charge in [0.05, 0.1) is 26.4 Å². The van der Waals surface area contributed by atoms with E-state index in [1.807, 2.05) is 6.07 Å². The lowest BCUT2D eigenvalue weighted by Crippen LogP contribution is -2.42. The van der Waals surface area contributed by atoms with Crippen LogP contribution in [-0.4, -0.2) is 73.5 Å². The van der Waals surface area contributed by atoms with Gasteiger partial charge in [-0.15, -0.1) is 0 Å². The van der Waals surface area contributed by atoms with Gasteiger partial charge < -0.3 is 24.8 Å². The van der Waals surface area contributed by atoms with Crippen LogP contribution in [0.5, 0.6) is 11.5 Å². The normalized spacial score (nSPS) is 25.7. The lowest BCUT2D eigenvalue weighted by molar-refractivity contribution is 0.0776. The second-order valence-electron chi connectivity index (χ2n) is 7.27. The number of aliphatic hydroxyl groups is 1. The molecule has 2 N–H and O–H groups in total. The van der Waals surface area contributed by atoms with Crippen molar-refractivity contribution in [2.24, 2.45) is 4.99 Å². The molecule has 2 aliphatic rings. The molecule has 2 unspecified atom stereocenters. The highest BCUT2D eigenvalue weighted by molar-refractivity contribution is 7.99. The van der Waals surface area contributed by atoms with Gasteiger partial charge in [0.25, 0.3) is 0 Å². The van der Waals surface area contributed by atoms with Crippen molar-refractivity contribution in [1.82, 2.24) is 10.2 Å². The predicted molar refractivity (Wildman–Crippen MR) is 111 cm³/mol. The Bertz CT molecular complexity index is 640. The van der Waals surface area contributed by atoms with Gasteiger partial charge in [0.2, 0.25) is 0 Å². The molecule has 2 aliphatic heterocycles. The second kappa shape index (κ2) is 9.06. The molecule has 0 aromatic heterocycles. The van der Waals surface area contributed by atoms with E-state index < -0.39 is 5.60 Å². The summed E-state index contributed by atoms with van der Waals surface area (Å²) in [7, 11) is 3.36. The Kier molecular flexibility index (Phi) is 6.76. The summed E-state index contributed by atoms with van der Waals surface area (Å²) in [5, 5.41) is 14.0. The number of nitrogens with one attached hydrogen (secondary N) is 1. The molecule has 150 valence electrons. The smallest absolute Gasteiger partial charge is 0.194 e. The molecular formula is C20H31N3O3S. The van der Waals surface area contributed by atoms with Crippen molar-refractivity contribution in [3.05, 3.63) is 23.8 Å². The molecule has 0 aliphatic carbocycles. The number of hydrogen-bond donors (Lipinski definition) is 2. The summed E-state index contributed by atoms with van der Waals surface area (Å²) in [5.74, 6) is 4.76. The van der Waals surface area contributed by atoms with E-state index in [-0.39, 0.29) is 0 Å². The number of aliphatic imine (C=N–C) groups is 1. The number of ether oxygens (including phenoxy) is 2. The first-order valence-electron chi connectivity index (χ1n) is 9.63. The third kappa shape index (κ3) is 5.02. The van der Waals surface area contributed by atoms with E-state index in [0.29, 0.717) is 12.5 Å². The van der Waals surface area contributed by atoms with Crippen molar-refractivity contribution in [3.8, 4) is 11.5 Å². The summed E-state index contributed by atoms with van der Waals surface area (Å²) in [6.07, 6.45) is 1.88. The molecule has 1 aromatic carbocycles. The van der Waals surface area contributed by atoms with Crippen LogP contribution in [0, 0.1) is 0 Å². The van der Waals surface area contributed by atoms with E-state index in [1.165, 1.54) is 5.56 Å². The third-order valence-electron chi connectivity index (χ3n) is 5.27. The van der Waals surface area contributed by atoms with Gasteiger partial charge in [0.1, 0.15) is 11.5 Å². The molecule has 0 spiro atoms. The van der Waals surface area contributed by atoms with Crippen LogP contribution in [0.1, 0.15) is 31.2 Å². The SMILES string of the molecule is CCNC(=NCC1(O)CCSC1)N1CCC(c2cc(OC)cc(OC)c2)C1. The van der Waals surface area contributed by atoms with Crippen LogP contribution in [0.2, 0.25) is 0 Å². The number of hydrogen-bond acceptors (Lipinski definition) is 5. The number of likely N-dealkylation sites (tertiary alicyclic amines) is 1. The number of guanidine groups is 1. The van der Waals surface area contributed by atoms with E-state index >= 15 is 0 Å². The first-order chi connectivity index (χ1) is 13.1. The number of methoxy groups -OCH3 is 2. The molecule has 1 aromatic rings. The van der Waals surface area contributed by atoms with Crippen molar-refractivity contribution in [3.63, 3.8) is 0 Å². The third-order valence-corrected chi connectivity index (χ3v) is 6.51. The molecule has 0 amide bonds. The Labute approximate surface area is 166 Å². The summed E-state index contributed by atoms with van der Waals surface area (Å²) in [6, 6.07) is 6.10. The van der Waals surface area contributed by atoms with Crippen LogP contribution in [-0.2, 0) is 0 Å². The van der Waals surface area contributed by atoms with Crippen molar-refractivity contribution in [2.75, 3.05) is 51.9 Å². The topological polar surface area (TPSA) is 66.3 Å². The molecular weight excluding hydrogens is 362 g/mol. The van der Waals surface area contributed by atoms with Crippen LogP contribution in [0.15, 0.2) is 23.2 Å². The maximum absolute atomic E-state index is 10.6. The standard InChI is InChI=1S/C20H31N3O3S/c1-4-21-19(22-13-20(24)6-8-27-14-20)23-7-5-15(12-23)16-9-17(25-2)11-18(10-16)26-3/h9-11,15,24H,4-8,12-14H2,1-3H3,(H,21,22). The lowest BCUT2D eigenvalue weighted by atomic mass is 9.98. The van der Waals surface area contributed by atoms with Crippen LogP contribution < -0.4 is 14.8 Å². The number of nitrogens with zero attached hydrogens (tertiary/aromatic N) is 2. The highest BCUT2D eigenvalue weighted by Crippen LogP contribution is 2.33. The van der Waals surface area contributed by atoms with Gasteiger partial charge in [0.15, 0.2) is 5.96 Å². The number of benzene rings is 1. The molecule has 2 heterocycles. The molecule has 27 heavy (non-hydrogen) atoms. The molecule has 7 heteroatoms. The minimum atomic E-state index is -0.648. The Morgan fingerprint density at radius 2 is 2.07 bits per heavy atom. The maximum atomic E-state index is 10.6. The van der Waals surface area contributed by atoms with Crippen molar-refractivity contribution >= 4 is 17.7 Å². The molecule has 0 saturated carbocycles. The zero-order valence-electron chi connectivity index (χ0n) is 16.5. The van der Waals surface area contributed by atoms with Crippen LogP contribution in [0.25, 0.3) is 0 Å². The van der Waals surface area contributed by atoms with Crippen LogP contribution in [0.3, 0.4) is 0 Å². The first-order valence-corrected chi connectivity index (χ1v) is 10.8. The van der Waals surface area contributed by atoms with Gasteiger partial charge in [0, 0.05) is 37.4 Å². The summed E-state index contributed by atoms with van der Waals surface area (Å²) in [5.41, 5.74) is 0.584. The van der Waals surface area contributed by atoms with Gasteiger partial charge in [-0.05, 0) is 43.2 Å². The Balaban J connectivity index is 1.70. The Morgan fingerprint density at radius 3 is 2.67 bits per heavy atom. The van der Waals surface area contributed by atoms with Crippen LogP contribution >= 0.6 is 11.8 Å². The van der Waals surface area contributed by atoms with Crippen molar-refractivity contribution < 1.29 is 14.6 Å². The maximum Gasteiger partial charge on any atom is 0.194 e. The van der Waals surface area contributed by atoms with Gasteiger partial charge in [-0.3, -0.25) is 4.99 Å². The monoisotopic (exact) mass is 393 g/mol. The lowest BCUT2D eigenvalue weighted by Gasteiger charge is -2.24. The van der Waals surface area contributed by atoms with E-state index in [9.17, 15) is 5.11 Å². The summed E-state index contributed by atoms with van der Waals surface area (Å²) in [4.78, 5) is 7.06. The Morgan fingerprint density at radius 1 is 1.33 bits per heavy atom. The molecule has 6 nitrogen and oxygen atoms in total. The van der Waals surface area contributed by atoms with Crippen LogP contribution in [0.4, 0.5) is 0 Å². The van der Waals surface area contributed by atoms with E-state index in [4.69, 9.17) is 14.5 Å². The second-order valence-corrected chi connectivity index (χ2v) is 8.38. The van der Waals surface area contributed by atoms with Gasteiger partial charge in [-0.25, -0.2) is 0 Å². The summed E-state index contributed by atoms with van der Waals surface area (Å²) < 4.78 is 10.8. The number of rotatable bonds is 6. The summed E-state index contributed by atoms with van der Waals surface area (Å²) >= 11 is 1.81. The van der Waals surface area contributed by atoms with Crippen molar-refractivity contribution in [1.29, 1.82) is 0 Å². The van der Waals surface area contributed by atoms with Gasteiger partial charge >= 0.3 is 0 Å². The Hall–Kier alpha value is -1.60. The molecule has 2 saturated heterocycles. The number of thioether (sulfide) groups is 1.